The zero-order valence-corrected chi connectivity index (χ0v) is 14.4. The molecule has 3 aromatic rings. The van der Waals surface area contributed by atoms with Crippen molar-refractivity contribution in [3.8, 4) is 17.1 Å². The van der Waals surface area contributed by atoms with E-state index < -0.39 is 0 Å². The molecular formula is C17H15Cl2N3O2. The van der Waals surface area contributed by atoms with Crippen LogP contribution >= 0.6 is 23.2 Å². The Balaban J connectivity index is 1.65. The smallest absolute Gasteiger partial charge is 0.246 e. The number of ether oxygens (including phenoxy) is 1. The maximum absolute atomic E-state index is 5.98. The van der Waals surface area contributed by atoms with Crippen molar-refractivity contribution >= 4 is 28.9 Å². The van der Waals surface area contributed by atoms with Crippen molar-refractivity contribution in [2.45, 2.75) is 13.5 Å². The normalized spacial score (nSPS) is 10.6. The van der Waals surface area contributed by atoms with Crippen LogP contribution in [0, 0.1) is 0 Å². The second-order valence-electron chi connectivity index (χ2n) is 4.95. The lowest BCUT2D eigenvalue weighted by Gasteiger charge is -2.04. The van der Waals surface area contributed by atoms with Crippen LogP contribution in [0.15, 0.2) is 47.0 Å². The molecule has 5 nitrogen and oxygen atoms in total. The number of hydrogen-bond donors (Lipinski definition) is 1. The summed E-state index contributed by atoms with van der Waals surface area (Å²) in [6, 6.07) is 12.8. The van der Waals surface area contributed by atoms with Gasteiger partial charge >= 0.3 is 0 Å². The van der Waals surface area contributed by atoms with Crippen LogP contribution in [0.1, 0.15) is 12.8 Å². The fraction of sp³-hybridized carbons (Fsp3) is 0.176. The molecule has 1 N–H and O–H groups in total. The minimum absolute atomic E-state index is 0.391. The van der Waals surface area contributed by atoms with Crippen LogP contribution in [0.5, 0.6) is 5.75 Å². The molecule has 2 aromatic carbocycles. The molecule has 0 spiro atoms. The predicted octanol–water partition coefficient (Wildman–Crippen LogP) is 5.05. The minimum atomic E-state index is 0.391. The number of aromatic nitrogens is 2. The van der Waals surface area contributed by atoms with Crippen LogP contribution in [0.2, 0.25) is 10.0 Å². The summed E-state index contributed by atoms with van der Waals surface area (Å²) in [5.74, 6) is 1.82. The molecule has 1 heterocycles. The number of rotatable bonds is 6. The summed E-state index contributed by atoms with van der Waals surface area (Å²) < 4.78 is 10.7. The Morgan fingerprint density at radius 1 is 1.08 bits per heavy atom. The highest BCUT2D eigenvalue weighted by molar-refractivity contribution is 6.42. The van der Waals surface area contributed by atoms with Gasteiger partial charge in [0.2, 0.25) is 11.7 Å². The van der Waals surface area contributed by atoms with Gasteiger partial charge < -0.3 is 14.6 Å². The molecule has 24 heavy (non-hydrogen) atoms. The van der Waals surface area contributed by atoms with Gasteiger partial charge in [-0.15, -0.1) is 0 Å². The van der Waals surface area contributed by atoms with Crippen LogP contribution in [0.4, 0.5) is 5.69 Å². The maximum atomic E-state index is 5.98. The van der Waals surface area contributed by atoms with Gasteiger partial charge in [-0.1, -0.05) is 28.4 Å². The lowest BCUT2D eigenvalue weighted by molar-refractivity contribution is 0.340. The average molecular weight is 364 g/mol. The summed E-state index contributed by atoms with van der Waals surface area (Å²) in [6.45, 7) is 2.97. The van der Waals surface area contributed by atoms with Crippen LogP contribution in [-0.4, -0.2) is 16.7 Å². The fourth-order valence-corrected chi connectivity index (χ4v) is 2.39. The van der Waals surface area contributed by atoms with E-state index in [0.717, 1.165) is 17.0 Å². The lowest BCUT2D eigenvalue weighted by Crippen LogP contribution is -1.99. The highest BCUT2D eigenvalue weighted by atomic mass is 35.5. The Morgan fingerprint density at radius 2 is 1.88 bits per heavy atom. The van der Waals surface area contributed by atoms with Crippen molar-refractivity contribution in [1.82, 2.24) is 10.1 Å². The van der Waals surface area contributed by atoms with Gasteiger partial charge in [-0.25, -0.2) is 0 Å². The van der Waals surface area contributed by atoms with Crippen molar-refractivity contribution in [2.75, 3.05) is 11.9 Å². The molecule has 124 valence electrons. The van der Waals surface area contributed by atoms with E-state index in [0.29, 0.717) is 34.9 Å². The Hall–Kier alpha value is -2.24. The minimum Gasteiger partial charge on any atom is -0.494 e. The van der Waals surface area contributed by atoms with Gasteiger partial charge in [-0.05, 0) is 49.4 Å². The van der Waals surface area contributed by atoms with E-state index in [4.69, 9.17) is 32.5 Å². The van der Waals surface area contributed by atoms with E-state index in [-0.39, 0.29) is 0 Å². The predicted molar refractivity (Wildman–Crippen MR) is 94.7 cm³/mol. The van der Waals surface area contributed by atoms with Gasteiger partial charge in [-0.2, -0.15) is 4.98 Å². The molecular weight excluding hydrogens is 349 g/mol. The van der Waals surface area contributed by atoms with Crippen molar-refractivity contribution in [1.29, 1.82) is 0 Å². The highest BCUT2D eigenvalue weighted by Crippen LogP contribution is 2.25. The standard InChI is InChI=1S/C17H15Cl2N3O2/c1-2-23-13-6-3-11(4-7-13)17-21-16(24-22-17)10-20-12-5-8-14(18)15(19)9-12/h3-9,20H,2,10H2,1H3. The number of anilines is 1. The van der Waals surface area contributed by atoms with Crippen LogP contribution in [0.25, 0.3) is 11.4 Å². The Kier molecular flexibility index (Phi) is 5.23. The Morgan fingerprint density at radius 3 is 2.58 bits per heavy atom. The van der Waals surface area contributed by atoms with Crippen molar-refractivity contribution in [2.24, 2.45) is 0 Å². The molecule has 0 saturated heterocycles. The molecule has 0 aliphatic carbocycles. The highest BCUT2D eigenvalue weighted by Gasteiger charge is 2.09. The van der Waals surface area contributed by atoms with Gasteiger partial charge in [-0.3, -0.25) is 0 Å². The first-order valence-electron chi connectivity index (χ1n) is 7.40. The molecule has 0 saturated carbocycles. The first kappa shape index (κ1) is 16.6. The third-order valence-electron chi connectivity index (χ3n) is 3.25. The molecule has 0 fully saturated rings. The monoisotopic (exact) mass is 363 g/mol. The van der Waals surface area contributed by atoms with Gasteiger partial charge in [0.15, 0.2) is 0 Å². The van der Waals surface area contributed by atoms with E-state index in [1.807, 2.05) is 37.3 Å². The zero-order valence-electron chi connectivity index (χ0n) is 12.9. The van der Waals surface area contributed by atoms with Crippen LogP contribution in [-0.2, 0) is 6.54 Å². The number of nitrogens with zero attached hydrogens (tertiary/aromatic N) is 2. The topological polar surface area (TPSA) is 60.2 Å². The third kappa shape index (κ3) is 3.99. The van der Waals surface area contributed by atoms with E-state index >= 15 is 0 Å². The summed E-state index contributed by atoms with van der Waals surface area (Å²) in [4.78, 5) is 4.37. The second kappa shape index (κ2) is 7.55. The van der Waals surface area contributed by atoms with Crippen molar-refractivity contribution < 1.29 is 9.26 Å². The van der Waals surface area contributed by atoms with Gasteiger partial charge in [0.05, 0.1) is 23.2 Å². The number of halogens is 2. The molecule has 0 radical (unpaired) electrons. The lowest BCUT2D eigenvalue weighted by atomic mass is 10.2. The fourth-order valence-electron chi connectivity index (χ4n) is 2.09. The van der Waals surface area contributed by atoms with E-state index in [1.54, 1.807) is 12.1 Å². The van der Waals surface area contributed by atoms with Crippen LogP contribution in [0.3, 0.4) is 0 Å². The quantitative estimate of drug-likeness (QED) is 0.663. The summed E-state index contributed by atoms with van der Waals surface area (Å²) in [7, 11) is 0. The summed E-state index contributed by atoms with van der Waals surface area (Å²) in [5, 5.41) is 8.15. The summed E-state index contributed by atoms with van der Waals surface area (Å²) in [5.41, 5.74) is 1.69. The van der Waals surface area contributed by atoms with E-state index in [1.165, 1.54) is 0 Å². The molecule has 0 bridgehead atoms. The molecule has 0 aliphatic heterocycles. The van der Waals surface area contributed by atoms with Crippen LogP contribution < -0.4 is 10.1 Å². The largest absolute Gasteiger partial charge is 0.494 e. The molecule has 0 unspecified atom stereocenters. The van der Waals surface area contributed by atoms with Gasteiger partial charge in [0, 0.05) is 11.3 Å². The second-order valence-corrected chi connectivity index (χ2v) is 5.77. The number of hydrogen-bond acceptors (Lipinski definition) is 5. The summed E-state index contributed by atoms with van der Waals surface area (Å²) in [6.07, 6.45) is 0. The first-order valence-corrected chi connectivity index (χ1v) is 8.16. The Bertz CT molecular complexity index is 819. The van der Waals surface area contributed by atoms with Gasteiger partial charge in [0.25, 0.3) is 0 Å². The SMILES string of the molecule is CCOc1ccc(-c2noc(CNc3ccc(Cl)c(Cl)c3)n2)cc1. The molecule has 0 amide bonds. The summed E-state index contributed by atoms with van der Waals surface area (Å²) >= 11 is 11.9. The first-order chi connectivity index (χ1) is 11.7. The number of benzene rings is 2. The molecule has 0 atom stereocenters. The van der Waals surface area contributed by atoms with Gasteiger partial charge in [0.1, 0.15) is 5.75 Å². The molecule has 1 aromatic heterocycles. The number of nitrogens with one attached hydrogen (secondary N) is 1. The molecule has 0 aliphatic rings. The Labute approximate surface area is 149 Å². The van der Waals surface area contributed by atoms with E-state index in [2.05, 4.69) is 15.5 Å². The molecule has 7 heteroatoms. The molecule has 3 rings (SSSR count). The third-order valence-corrected chi connectivity index (χ3v) is 3.99. The van der Waals surface area contributed by atoms with Crippen molar-refractivity contribution in [3.05, 3.63) is 58.4 Å². The zero-order chi connectivity index (χ0) is 16.9. The van der Waals surface area contributed by atoms with Crippen molar-refractivity contribution in [3.63, 3.8) is 0 Å². The maximum Gasteiger partial charge on any atom is 0.246 e. The van der Waals surface area contributed by atoms with E-state index in [9.17, 15) is 0 Å². The average Bonchev–Trinajstić information content (AvgIpc) is 3.06.